The van der Waals surface area contributed by atoms with Crippen LogP contribution in [-0.4, -0.2) is 64.1 Å². The molecule has 3 aliphatic rings. The van der Waals surface area contributed by atoms with Gasteiger partial charge in [-0.25, -0.2) is 9.97 Å². The summed E-state index contributed by atoms with van der Waals surface area (Å²) in [5.74, 6) is 4.10. The molecule has 12 nitrogen and oxygen atoms in total. The van der Waals surface area contributed by atoms with Crippen LogP contribution in [0.1, 0.15) is 361 Å². The van der Waals surface area contributed by atoms with Crippen molar-refractivity contribution in [2.45, 2.75) is 350 Å². The molecule has 0 fully saturated rings. The van der Waals surface area contributed by atoms with Crippen molar-refractivity contribution < 1.29 is 28.4 Å². The van der Waals surface area contributed by atoms with Crippen molar-refractivity contribution in [3.63, 3.8) is 0 Å². The normalized spacial score (nSPS) is 11.9. The lowest BCUT2D eigenvalue weighted by Crippen LogP contribution is -2.12. The van der Waals surface area contributed by atoms with Crippen molar-refractivity contribution in [2.24, 2.45) is 0 Å². The molecule has 0 spiro atoms. The fourth-order valence-corrected chi connectivity index (χ4v) is 21.6. The maximum atomic E-state index is 7.42. The maximum absolute atomic E-state index is 7.42. The minimum absolute atomic E-state index is 0.535. The smallest absolute Gasteiger partial charge is 0.203 e. The molecule has 12 heteroatoms. The highest BCUT2D eigenvalue weighted by Gasteiger charge is 2.30. The number of hydrogen-bond acceptors (Lipinski definition) is 9. The first-order valence-electron chi connectivity index (χ1n) is 57.2. The molecule has 8 bridgehead atoms. The quantitative estimate of drug-likeness (QED) is 0.0284. The number of benzene rings is 10. The van der Waals surface area contributed by atoms with E-state index in [1.165, 1.54) is 237 Å². The number of hydrogen-bond donors (Lipinski definition) is 2. The van der Waals surface area contributed by atoms with Gasteiger partial charge < -0.3 is 47.9 Å². The lowest BCUT2D eigenvalue weighted by Gasteiger charge is -2.27. The molecule has 0 saturated carbocycles. The molecule has 3 aromatic heterocycles. The summed E-state index contributed by atoms with van der Waals surface area (Å²) in [4.78, 5) is 23.8. The van der Waals surface area contributed by atoms with E-state index >= 15 is 0 Å². The molecule has 0 radical (unpaired) electrons. The van der Waals surface area contributed by atoms with E-state index in [2.05, 4.69) is 292 Å². The number of pyridine rings is 1. The van der Waals surface area contributed by atoms with Crippen LogP contribution in [0.15, 0.2) is 218 Å². The van der Waals surface area contributed by atoms with Crippen molar-refractivity contribution >= 4 is 116 Å². The number of ether oxygens (including phenoxy) is 6. The van der Waals surface area contributed by atoms with Crippen LogP contribution < -0.4 is 33.3 Å². The molecule has 13 aromatic rings. The van der Waals surface area contributed by atoms with Gasteiger partial charge in [0, 0.05) is 50.2 Å². The molecule has 2 N–H and O–H groups in total. The van der Waals surface area contributed by atoms with Gasteiger partial charge in [0.1, 0.15) is 0 Å². The summed E-state index contributed by atoms with van der Waals surface area (Å²) in [5, 5.41) is 10.2. The molecule has 10 aromatic carbocycles. The van der Waals surface area contributed by atoms with E-state index in [0.29, 0.717) is 74.1 Å². The van der Waals surface area contributed by atoms with E-state index in [1.807, 2.05) is 0 Å². The Kier molecular flexibility index (Phi) is 41.3. The Bertz CT molecular complexity index is 6480. The highest BCUT2D eigenvalue weighted by molar-refractivity contribution is 6.20. The second kappa shape index (κ2) is 56.6. The van der Waals surface area contributed by atoms with E-state index < -0.39 is 0 Å². The van der Waals surface area contributed by atoms with E-state index in [4.69, 9.17) is 38.4 Å². The molecular weight excluding hydrogens is 1770 g/mol. The highest BCUT2D eigenvalue weighted by atomic mass is 16.5. The Morgan fingerprint density at radius 1 is 0.271 bits per heavy atom. The summed E-state index contributed by atoms with van der Waals surface area (Å²) < 4.78 is 46.7. The van der Waals surface area contributed by atoms with E-state index in [9.17, 15) is 0 Å². The molecular formula is C132H166N6O6. The van der Waals surface area contributed by atoms with Crippen molar-refractivity contribution in [2.75, 3.05) is 44.5 Å². The number of H-pyrrole nitrogens is 2. The molecule has 0 atom stereocenters. The van der Waals surface area contributed by atoms with Crippen LogP contribution in [0.5, 0.6) is 34.5 Å². The Hall–Kier alpha value is -11.8. The molecule has 6 heterocycles. The fraction of sp³-hybridized carbons (Fsp3) is 0.455. The third-order valence-electron chi connectivity index (χ3n) is 29.8. The lowest BCUT2D eigenvalue weighted by molar-refractivity contribution is 0.234. The van der Waals surface area contributed by atoms with E-state index in [-0.39, 0.29) is 0 Å². The topological polar surface area (TPSA) is 121 Å². The van der Waals surface area contributed by atoms with Crippen molar-refractivity contribution in [3.05, 3.63) is 230 Å². The van der Waals surface area contributed by atoms with Gasteiger partial charge in [-0.1, -0.05) is 433 Å². The van der Waals surface area contributed by atoms with Crippen LogP contribution in [0.4, 0.5) is 17.1 Å². The number of aromatic nitrogens is 5. The van der Waals surface area contributed by atoms with Crippen LogP contribution in [0.2, 0.25) is 0 Å². The Balaban J connectivity index is 0.992. The zero-order chi connectivity index (χ0) is 98.9. The van der Waals surface area contributed by atoms with Crippen molar-refractivity contribution in [3.8, 4) is 73.7 Å². The minimum atomic E-state index is 0.535. The lowest BCUT2D eigenvalue weighted by atomic mass is 9.97. The standard InChI is InChI=1S/C132H166N6O6/c1-7-13-19-25-31-37-43-57-85-139-121-94-106(95-122(140-86-58-44-38-32-26-20-14-8-2)131(121)143-89-61-47-41-35-29-23-17-11-5)125-113-78-81-116(133-113)129(137(108-75-71-99-63-49-52-67-103(99)91-108)109-76-72-100-64-50-53-68-104(100)92-109)117-82-79-115(134-117)126(107-96-123(141-87-59-45-39-33-27-21-15-9-3)132(144-90-62-48-42-36-30-24-18-12-6)124(97-107)142-88-60-46-40-34-28-22-16-10-4)119-98-112-127-111-70-56-55-66-102(111)74-84-120(127)138(110-77-73-101-65-51-54-69-105(101)93-110)130(128(112)136-119)118-83-80-114(125)135-118/h49-56,63-84,91-98,134-135H,7-48,57-62,85-90H2,1-6H3. The van der Waals surface area contributed by atoms with Crippen LogP contribution in [0, 0.1) is 0 Å². The molecule has 0 unspecified atom stereocenters. The molecule has 3 aliphatic heterocycles. The molecule has 0 aliphatic carbocycles. The molecule has 760 valence electrons. The average molecular weight is 1930 g/mol. The second-order valence-corrected chi connectivity index (χ2v) is 41.1. The molecule has 0 saturated heterocycles. The summed E-state index contributed by atoms with van der Waals surface area (Å²) >= 11 is 0. The first-order chi connectivity index (χ1) is 71.3. The monoisotopic (exact) mass is 1930 g/mol. The number of nitrogens with zero attached hydrogens (tertiary/aromatic N) is 4. The van der Waals surface area contributed by atoms with Crippen molar-refractivity contribution in [1.29, 1.82) is 0 Å². The van der Waals surface area contributed by atoms with Crippen LogP contribution in [-0.2, 0) is 0 Å². The number of unbranched alkanes of at least 4 members (excludes halogenated alkanes) is 42. The van der Waals surface area contributed by atoms with Gasteiger partial charge in [-0.3, -0.25) is 0 Å². The number of fused-ring (bicyclic) bond motifs is 15. The van der Waals surface area contributed by atoms with Gasteiger partial charge in [-0.15, -0.1) is 0 Å². The number of rotatable bonds is 66. The van der Waals surface area contributed by atoms with Gasteiger partial charge in [0.2, 0.25) is 11.5 Å². The largest absolute Gasteiger partial charge is 0.490 e. The summed E-state index contributed by atoms with van der Waals surface area (Å²) in [5.41, 5.74) is 16.9. The third kappa shape index (κ3) is 28.3. The Morgan fingerprint density at radius 3 is 1.03 bits per heavy atom. The zero-order valence-electron chi connectivity index (χ0n) is 88.4. The van der Waals surface area contributed by atoms with Crippen molar-refractivity contribution in [1.82, 2.24) is 24.5 Å². The van der Waals surface area contributed by atoms with Gasteiger partial charge in [-0.05, 0) is 202 Å². The van der Waals surface area contributed by atoms with Crippen LogP contribution in [0.25, 0.3) is 138 Å². The summed E-state index contributed by atoms with van der Waals surface area (Å²) in [7, 11) is 0. The molecule has 144 heavy (non-hydrogen) atoms. The first kappa shape index (κ1) is 105. The average Bonchev–Trinajstić information content (AvgIpc) is 1.52. The fourth-order valence-electron chi connectivity index (χ4n) is 21.6. The van der Waals surface area contributed by atoms with Crippen LogP contribution >= 0.6 is 0 Å². The van der Waals surface area contributed by atoms with Gasteiger partial charge in [0.05, 0.1) is 90.0 Å². The van der Waals surface area contributed by atoms with Gasteiger partial charge in [-0.2, -0.15) is 0 Å². The maximum Gasteiger partial charge on any atom is 0.203 e. The summed E-state index contributed by atoms with van der Waals surface area (Å²) in [6.07, 6.45) is 61.7. The first-order valence-corrected chi connectivity index (χ1v) is 57.2. The predicted octanol–water partition coefficient (Wildman–Crippen LogP) is 40.3. The zero-order valence-corrected chi connectivity index (χ0v) is 88.4. The number of aromatic amines is 2. The van der Waals surface area contributed by atoms with Gasteiger partial charge in [0.25, 0.3) is 0 Å². The Morgan fingerprint density at radius 2 is 0.604 bits per heavy atom. The minimum Gasteiger partial charge on any atom is -0.490 e. The SMILES string of the molecule is CCCCCCCCCCOc1cc(-c2c3nc(c(N(c4ccc5ccccc5c4)c4ccc5ccccc5c4)c4ccc([nH]4)c(-c4cc(OCCCCCCCCCC)c(OCCCCCCCCCC)c(OCCCCCCCCCC)c4)c4cc5c6c7ccccc7ccc6n(-c6ccc7ccccc7c6)c(c-5n4)c4ccc2[nH]4)C=C3)cc(OCCCCCCCCCC)c1OCCCCCCCCCC. The van der Waals surface area contributed by atoms with E-state index in [0.717, 1.165) is 226 Å². The van der Waals surface area contributed by atoms with E-state index in [1.54, 1.807) is 0 Å². The predicted molar refractivity (Wildman–Crippen MR) is 616 cm³/mol. The molecule has 16 rings (SSSR count). The van der Waals surface area contributed by atoms with Gasteiger partial charge >= 0.3 is 0 Å². The molecule has 0 amide bonds. The highest BCUT2D eigenvalue weighted by Crippen LogP contribution is 2.52. The Labute approximate surface area is 861 Å². The number of nitrogens with one attached hydrogen (secondary N) is 2. The summed E-state index contributed by atoms with van der Waals surface area (Å²) in [6, 6.07) is 81.2. The summed E-state index contributed by atoms with van der Waals surface area (Å²) in [6.45, 7) is 17.1. The third-order valence-corrected chi connectivity index (χ3v) is 29.8. The van der Waals surface area contributed by atoms with Gasteiger partial charge in [0.15, 0.2) is 23.0 Å². The second-order valence-electron chi connectivity index (χ2n) is 41.1. The van der Waals surface area contributed by atoms with Crippen LogP contribution in [0.3, 0.4) is 0 Å². The number of anilines is 3.